The number of carbonyl (C=O) groups is 2. The summed E-state index contributed by atoms with van der Waals surface area (Å²) >= 11 is 0. The molecular formula is C27H35N4O10P. The van der Waals surface area contributed by atoms with Crippen molar-refractivity contribution in [3.63, 3.8) is 0 Å². The molecule has 2 heterocycles. The molecule has 1 aliphatic rings. The molecule has 2 N–H and O–H groups in total. The smallest absolute Gasteiger partial charge is 0.459 e. The molecule has 0 unspecified atom stereocenters. The van der Waals surface area contributed by atoms with Crippen molar-refractivity contribution in [2.45, 2.75) is 72.1 Å². The van der Waals surface area contributed by atoms with Crippen LogP contribution in [0, 0.1) is 22.7 Å². The van der Waals surface area contributed by atoms with Gasteiger partial charge in [-0.25, -0.2) is 9.36 Å². The van der Waals surface area contributed by atoms with Crippen molar-refractivity contribution in [1.82, 2.24) is 14.6 Å². The molecule has 1 saturated heterocycles. The van der Waals surface area contributed by atoms with Gasteiger partial charge in [-0.05, 0) is 39.8 Å². The third kappa shape index (κ3) is 7.74. The van der Waals surface area contributed by atoms with E-state index in [1.165, 1.54) is 26.0 Å². The van der Waals surface area contributed by atoms with Gasteiger partial charge in [0.15, 0.2) is 12.3 Å². The first-order chi connectivity index (χ1) is 19.7. The van der Waals surface area contributed by atoms with Gasteiger partial charge in [0.1, 0.15) is 23.3 Å². The van der Waals surface area contributed by atoms with Gasteiger partial charge in [-0.1, -0.05) is 32.0 Å². The number of hydrogen-bond donors (Lipinski definition) is 2. The van der Waals surface area contributed by atoms with E-state index in [1.807, 2.05) is 0 Å². The Labute approximate surface area is 242 Å². The quantitative estimate of drug-likeness (QED) is 0.266. The van der Waals surface area contributed by atoms with Crippen molar-refractivity contribution in [1.29, 1.82) is 5.26 Å². The first-order valence-electron chi connectivity index (χ1n) is 13.2. The fraction of sp³-hybridized carbons (Fsp3) is 0.519. The Morgan fingerprint density at radius 1 is 1.14 bits per heavy atom. The number of para-hydroxylation sites is 1. The summed E-state index contributed by atoms with van der Waals surface area (Å²) in [4.78, 5) is 51.5. The fourth-order valence-electron chi connectivity index (χ4n) is 4.08. The number of aromatic amines is 1. The first kappa shape index (κ1) is 32.8. The number of rotatable bonds is 12. The van der Waals surface area contributed by atoms with E-state index in [9.17, 15) is 29.0 Å². The van der Waals surface area contributed by atoms with Crippen molar-refractivity contribution < 1.29 is 37.4 Å². The highest BCUT2D eigenvalue weighted by Crippen LogP contribution is 2.49. The zero-order valence-electron chi connectivity index (χ0n) is 24.1. The Morgan fingerprint density at radius 2 is 1.81 bits per heavy atom. The highest BCUT2D eigenvalue weighted by Gasteiger charge is 2.58. The maximum absolute atomic E-state index is 14.0. The van der Waals surface area contributed by atoms with Crippen LogP contribution >= 0.6 is 7.75 Å². The molecule has 0 amide bonds. The Balaban J connectivity index is 1.97. The molecule has 1 aromatic heterocycles. The van der Waals surface area contributed by atoms with E-state index in [2.05, 4.69) is 16.1 Å². The maximum atomic E-state index is 14.0. The average Bonchev–Trinajstić information content (AvgIpc) is 3.19. The van der Waals surface area contributed by atoms with Crippen molar-refractivity contribution in [2.24, 2.45) is 11.3 Å². The van der Waals surface area contributed by atoms with Crippen LogP contribution in [0.25, 0.3) is 0 Å². The number of nitrogens with one attached hydrogen (secondary N) is 2. The number of hydrogen-bond acceptors (Lipinski definition) is 11. The number of aromatic nitrogens is 2. The predicted molar refractivity (Wildman–Crippen MR) is 148 cm³/mol. The molecule has 14 nitrogen and oxygen atoms in total. The molecular weight excluding hydrogens is 571 g/mol. The molecule has 3 rings (SSSR count). The lowest BCUT2D eigenvalue weighted by Gasteiger charge is -2.29. The molecule has 0 aliphatic carbocycles. The molecule has 42 heavy (non-hydrogen) atoms. The minimum Gasteiger partial charge on any atom is -0.462 e. The lowest BCUT2D eigenvalue weighted by atomic mass is 9.83. The van der Waals surface area contributed by atoms with Crippen LogP contribution in [-0.4, -0.2) is 52.5 Å². The second kappa shape index (κ2) is 13.5. The van der Waals surface area contributed by atoms with Gasteiger partial charge in [-0.15, -0.1) is 0 Å². The zero-order valence-corrected chi connectivity index (χ0v) is 25.0. The highest BCUT2D eigenvalue weighted by molar-refractivity contribution is 7.52. The van der Waals surface area contributed by atoms with Gasteiger partial charge in [-0.2, -0.15) is 10.3 Å². The summed E-state index contributed by atoms with van der Waals surface area (Å²) in [5, 5.41) is 12.8. The molecule has 6 atom stereocenters. The Kier molecular flexibility index (Phi) is 10.5. The number of esters is 2. The summed E-state index contributed by atoms with van der Waals surface area (Å²) in [7, 11) is -4.36. The van der Waals surface area contributed by atoms with Crippen LogP contribution in [0.15, 0.2) is 52.2 Å². The minimum absolute atomic E-state index is 0.160. The second-order valence-corrected chi connectivity index (χ2v) is 12.2. The molecule has 1 aromatic carbocycles. The van der Waals surface area contributed by atoms with E-state index < -0.39 is 79.5 Å². The molecule has 0 bridgehead atoms. The van der Waals surface area contributed by atoms with E-state index >= 15 is 0 Å². The second-order valence-electron chi connectivity index (χ2n) is 10.5. The molecule has 2 aromatic rings. The van der Waals surface area contributed by atoms with Crippen molar-refractivity contribution in [3.8, 4) is 11.8 Å². The number of nitrogens with zero attached hydrogens (tertiary/aromatic N) is 2. The Hall–Kier alpha value is -3.76. The van der Waals surface area contributed by atoms with E-state index in [0.717, 1.165) is 16.8 Å². The van der Waals surface area contributed by atoms with Crippen LogP contribution in [0.2, 0.25) is 0 Å². The SMILES string of the molecule is CC(C)OC(=O)[C@H](C)N[P@](=O)(OC[C@H]1O[C@@H](n2ccc(=O)[nH]c2=O)[C@](C)(C#N)[C@@H]1OC(=O)C(C)C)Oc1ccccc1. The van der Waals surface area contributed by atoms with Gasteiger partial charge >= 0.3 is 25.4 Å². The van der Waals surface area contributed by atoms with Crippen LogP contribution in [0.4, 0.5) is 0 Å². The molecule has 1 fully saturated rings. The largest absolute Gasteiger partial charge is 0.462 e. The predicted octanol–water partition coefficient (Wildman–Crippen LogP) is 2.67. The van der Waals surface area contributed by atoms with Gasteiger partial charge in [-0.3, -0.25) is 28.5 Å². The number of ether oxygens (including phenoxy) is 3. The van der Waals surface area contributed by atoms with Crippen LogP contribution in [0.5, 0.6) is 5.75 Å². The summed E-state index contributed by atoms with van der Waals surface area (Å²) in [5.41, 5.74) is -3.18. The number of carbonyl (C=O) groups excluding carboxylic acids is 2. The molecule has 0 radical (unpaired) electrons. The standard InChI is InChI=1S/C27H35N4O10P/c1-16(2)23(33)40-22-20(39-25(27(22,6)15-28)31-13-12-21(32)29-26(31)35)14-37-42(36,41-19-10-8-7-9-11-19)30-18(5)24(34)38-17(3)4/h7-13,16-18,20,22,25H,14H2,1-6H3,(H,30,36)(H,29,32,35)/t18-,20+,22+,25+,27+,42-/m0/s1. The van der Waals surface area contributed by atoms with Gasteiger partial charge in [0, 0.05) is 12.3 Å². The molecule has 0 spiro atoms. The Bertz CT molecular complexity index is 1470. The van der Waals surface area contributed by atoms with Crippen LogP contribution in [0.3, 0.4) is 0 Å². The van der Waals surface area contributed by atoms with Gasteiger partial charge < -0.3 is 18.7 Å². The number of nitriles is 1. The summed E-state index contributed by atoms with van der Waals surface area (Å²) in [6, 6.07) is 10.1. The van der Waals surface area contributed by atoms with Crippen molar-refractivity contribution >= 4 is 19.7 Å². The summed E-state index contributed by atoms with van der Waals surface area (Å²) < 4.78 is 43.2. The fourth-order valence-corrected chi connectivity index (χ4v) is 5.58. The maximum Gasteiger partial charge on any atom is 0.459 e. The minimum atomic E-state index is -4.36. The zero-order chi connectivity index (χ0) is 31.2. The summed E-state index contributed by atoms with van der Waals surface area (Å²) in [5.74, 6) is -1.78. The molecule has 228 valence electrons. The first-order valence-corrected chi connectivity index (χ1v) is 14.8. The van der Waals surface area contributed by atoms with Crippen LogP contribution in [-0.2, 0) is 32.9 Å². The van der Waals surface area contributed by atoms with Crippen LogP contribution in [0.1, 0.15) is 47.8 Å². The molecule has 0 saturated carbocycles. The Morgan fingerprint density at radius 3 is 2.38 bits per heavy atom. The van der Waals surface area contributed by atoms with Crippen LogP contribution < -0.4 is 20.9 Å². The highest BCUT2D eigenvalue weighted by atomic mass is 31.2. The summed E-state index contributed by atoms with van der Waals surface area (Å²) in [6.45, 7) is 8.79. The third-order valence-electron chi connectivity index (χ3n) is 6.24. The molecule has 1 aliphatic heterocycles. The lowest BCUT2D eigenvalue weighted by Crippen LogP contribution is -2.44. The monoisotopic (exact) mass is 606 g/mol. The van der Waals surface area contributed by atoms with Crippen molar-refractivity contribution in [2.75, 3.05) is 6.61 Å². The lowest BCUT2D eigenvalue weighted by molar-refractivity contribution is -0.159. The molecule has 15 heteroatoms. The van der Waals surface area contributed by atoms with Gasteiger partial charge in [0.25, 0.3) is 5.56 Å². The van der Waals surface area contributed by atoms with Crippen molar-refractivity contribution in [3.05, 3.63) is 63.4 Å². The topological polar surface area (TPSA) is 188 Å². The average molecular weight is 607 g/mol. The normalized spacial score (nSPS) is 24.0. The van der Waals surface area contributed by atoms with E-state index in [0.29, 0.717) is 0 Å². The third-order valence-corrected chi connectivity index (χ3v) is 7.88. The number of H-pyrrole nitrogens is 1. The van der Waals surface area contributed by atoms with E-state index in [1.54, 1.807) is 45.9 Å². The van der Waals surface area contributed by atoms with Gasteiger partial charge in [0.05, 0.1) is 24.7 Å². The summed E-state index contributed by atoms with van der Waals surface area (Å²) in [6.07, 6.45) is -3.17. The van der Waals surface area contributed by atoms with Gasteiger partial charge in [0.2, 0.25) is 0 Å². The van der Waals surface area contributed by atoms with E-state index in [4.69, 9.17) is 23.3 Å². The van der Waals surface area contributed by atoms with E-state index in [-0.39, 0.29) is 5.75 Å². The number of benzene rings is 1.